The zero-order chi connectivity index (χ0) is 14.3. The van der Waals surface area contributed by atoms with E-state index in [1.165, 1.54) is 4.40 Å². The standard InChI is InChI=1S/C15H11ClN2O2/c1-9-3-2-4-10(7-9)13-14(15(19)20)18-8-11(16)5-6-12(18)17-13/h2-8H,1H3,(H,19,20). The van der Waals surface area contributed by atoms with Gasteiger partial charge in [0.1, 0.15) is 11.3 Å². The lowest BCUT2D eigenvalue weighted by atomic mass is 10.1. The smallest absolute Gasteiger partial charge is 0.355 e. The highest BCUT2D eigenvalue weighted by molar-refractivity contribution is 6.30. The Morgan fingerprint density at radius 3 is 2.80 bits per heavy atom. The number of imidazole rings is 1. The summed E-state index contributed by atoms with van der Waals surface area (Å²) in [5.74, 6) is -1.03. The van der Waals surface area contributed by atoms with Crippen molar-refractivity contribution in [2.24, 2.45) is 0 Å². The molecule has 2 heterocycles. The summed E-state index contributed by atoms with van der Waals surface area (Å²) in [4.78, 5) is 16.0. The molecule has 5 heteroatoms. The number of pyridine rings is 1. The molecule has 1 aromatic carbocycles. The minimum Gasteiger partial charge on any atom is -0.476 e. The normalized spacial score (nSPS) is 10.9. The Bertz CT molecular complexity index is 824. The number of rotatable bonds is 2. The van der Waals surface area contributed by atoms with Crippen molar-refractivity contribution in [1.29, 1.82) is 0 Å². The number of aromatic nitrogens is 2. The number of aromatic carboxylic acids is 1. The largest absolute Gasteiger partial charge is 0.476 e. The van der Waals surface area contributed by atoms with Crippen LogP contribution in [0.25, 0.3) is 16.9 Å². The molecule has 0 radical (unpaired) electrons. The summed E-state index contributed by atoms with van der Waals surface area (Å²) in [7, 11) is 0. The Labute approximate surface area is 120 Å². The first-order valence-corrected chi connectivity index (χ1v) is 6.42. The van der Waals surface area contributed by atoms with Crippen LogP contribution in [0, 0.1) is 6.92 Å². The monoisotopic (exact) mass is 286 g/mol. The van der Waals surface area contributed by atoms with Crippen LogP contribution in [0.15, 0.2) is 42.6 Å². The lowest BCUT2D eigenvalue weighted by Gasteiger charge is -2.01. The first kappa shape index (κ1) is 12.7. The molecular weight excluding hydrogens is 276 g/mol. The average Bonchev–Trinajstić information content (AvgIpc) is 2.77. The van der Waals surface area contributed by atoms with Gasteiger partial charge in [-0.15, -0.1) is 0 Å². The molecule has 0 aliphatic carbocycles. The van der Waals surface area contributed by atoms with Gasteiger partial charge < -0.3 is 5.11 Å². The third-order valence-electron chi connectivity index (χ3n) is 3.08. The van der Waals surface area contributed by atoms with Gasteiger partial charge in [0.2, 0.25) is 0 Å². The summed E-state index contributed by atoms with van der Waals surface area (Å²) in [5.41, 5.74) is 2.95. The van der Waals surface area contributed by atoms with E-state index in [9.17, 15) is 9.90 Å². The number of benzene rings is 1. The van der Waals surface area contributed by atoms with Gasteiger partial charge in [0.25, 0.3) is 0 Å². The number of carboxylic acid groups (broad SMARTS) is 1. The van der Waals surface area contributed by atoms with Crippen molar-refractivity contribution in [1.82, 2.24) is 9.38 Å². The first-order chi connectivity index (χ1) is 9.56. The summed E-state index contributed by atoms with van der Waals surface area (Å²) < 4.78 is 1.50. The maximum atomic E-state index is 11.6. The van der Waals surface area contributed by atoms with Crippen molar-refractivity contribution in [2.75, 3.05) is 0 Å². The van der Waals surface area contributed by atoms with Gasteiger partial charge in [0, 0.05) is 11.8 Å². The molecule has 100 valence electrons. The predicted molar refractivity (Wildman–Crippen MR) is 77.3 cm³/mol. The molecule has 20 heavy (non-hydrogen) atoms. The Morgan fingerprint density at radius 1 is 1.30 bits per heavy atom. The molecule has 0 spiro atoms. The van der Waals surface area contributed by atoms with E-state index in [4.69, 9.17) is 11.6 Å². The lowest BCUT2D eigenvalue weighted by Crippen LogP contribution is -2.03. The highest BCUT2D eigenvalue weighted by Crippen LogP contribution is 2.26. The van der Waals surface area contributed by atoms with Crippen LogP contribution in [0.1, 0.15) is 16.1 Å². The fourth-order valence-corrected chi connectivity index (χ4v) is 2.38. The molecule has 3 rings (SSSR count). The molecule has 1 N–H and O–H groups in total. The number of hydrogen-bond acceptors (Lipinski definition) is 2. The number of nitrogens with zero attached hydrogens (tertiary/aromatic N) is 2. The summed E-state index contributed by atoms with van der Waals surface area (Å²) in [6, 6.07) is 11.0. The fourth-order valence-electron chi connectivity index (χ4n) is 2.22. The maximum absolute atomic E-state index is 11.6. The van der Waals surface area contributed by atoms with E-state index in [0.29, 0.717) is 16.4 Å². The van der Waals surface area contributed by atoms with Crippen LogP contribution >= 0.6 is 11.6 Å². The van der Waals surface area contributed by atoms with E-state index >= 15 is 0 Å². The lowest BCUT2D eigenvalue weighted by molar-refractivity contribution is 0.0690. The summed E-state index contributed by atoms with van der Waals surface area (Å²) >= 11 is 5.93. The second-order valence-electron chi connectivity index (χ2n) is 4.56. The number of carbonyl (C=O) groups is 1. The van der Waals surface area contributed by atoms with Gasteiger partial charge in [-0.3, -0.25) is 4.40 Å². The highest BCUT2D eigenvalue weighted by Gasteiger charge is 2.20. The molecule has 4 nitrogen and oxygen atoms in total. The van der Waals surface area contributed by atoms with Gasteiger partial charge in [0.15, 0.2) is 5.69 Å². The summed E-state index contributed by atoms with van der Waals surface area (Å²) in [6.07, 6.45) is 1.56. The SMILES string of the molecule is Cc1cccc(-c2nc3ccc(Cl)cn3c2C(=O)O)c1. The van der Waals surface area contributed by atoms with Crippen molar-refractivity contribution in [2.45, 2.75) is 6.92 Å². The molecule has 0 unspecified atom stereocenters. The Balaban J connectivity index is 2.35. The van der Waals surface area contributed by atoms with E-state index in [1.807, 2.05) is 31.2 Å². The van der Waals surface area contributed by atoms with E-state index in [0.717, 1.165) is 11.1 Å². The second kappa shape index (κ2) is 4.65. The van der Waals surface area contributed by atoms with Crippen LogP contribution in [0.3, 0.4) is 0 Å². The topological polar surface area (TPSA) is 54.6 Å². The van der Waals surface area contributed by atoms with Crippen molar-refractivity contribution >= 4 is 23.2 Å². The molecule has 2 aromatic heterocycles. The van der Waals surface area contributed by atoms with Crippen LogP contribution in [0.2, 0.25) is 5.02 Å². The summed E-state index contributed by atoms with van der Waals surface area (Å²) in [6.45, 7) is 1.95. The van der Waals surface area contributed by atoms with Gasteiger partial charge in [-0.05, 0) is 25.1 Å². The van der Waals surface area contributed by atoms with Gasteiger partial charge in [0.05, 0.1) is 5.02 Å². The molecular formula is C15H11ClN2O2. The first-order valence-electron chi connectivity index (χ1n) is 6.04. The molecule has 3 aromatic rings. The van der Waals surface area contributed by atoms with E-state index in [2.05, 4.69) is 4.98 Å². The third-order valence-corrected chi connectivity index (χ3v) is 3.30. The predicted octanol–water partition coefficient (Wildman–Crippen LogP) is 3.66. The number of halogens is 1. The Morgan fingerprint density at radius 2 is 2.10 bits per heavy atom. The number of carboxylic acids is 1. The third kappa shape index (κ3) is 2.04. The van der Waals surface area contributed by atoms with Gasteiger partial charge in [-0.25, -0.2) is 9.78 Å². The van der Waals surface area contributed by atoms with E-state index in [1.54, 1.807) is 18.3 Å². The molecule has 0 aliphatic heterocycles. The summed E-state index contributed by atoms with van der Waals surface area (Å²) in [5, 5.41) is 9.94. The highest BCUT2D eigenvalue weighted by atomic mass is 35.5. The maximum Gasteiger partial charge on any atom is 0.355 e. The van der Waals surface area contributed by atoms with Crippen molar-refractivity contribution in [3.63, 3.8) is 0 Å². The number of hydrogen-bond donors (Lipinski definition) is 1. The fraction of sp³-hybridized carbons (Fsp3) is 0.0667. The zero-order valence-corrected chi connectivity index (χ0v) is 11.4. The van der Waals surface area contributed by atoms with Crippen LogP contribution < -0.4 is 0 Å². The van der Waals surface area contributed by atoms with Crippen molar-refractivity contribution in [3.05, 3.63) is 58.9 Å². The molecule has 0 atom stereocenters. The van der Waals surface area contributed by atoms with E-state index in [-0.39, 0.29) is 5.69 Å². The van der Waals surface area contributed by atoms with Crippen molar-refractivity contribution < 1.29 is 9.90 Å². The Kier molecular flexibility index (Phi) is 2.95. The van der Waals surface area contributed by atoms with Crippen LogP contribution in [0.5, 0.6) is 0 Å². The molecule has 0 amide bonds. The Hall–Kier alpha value is -2.33. The number of fused-ring (bicyclic) bond motifs is 1. The van der Waals surface area contributed by atoms with E-state index < -0.39 is 5.97 Å². The minimum atomic E-state index is -1.03. The van der Waals surface area contributed by atoms with Gasteiger partial charge >= 0.3 is 5.97 Å². The molecule has 0 saturated heterocycles. The second-order valence-corrected chi connectivity index (χ2v) is 5.00. The van der Waals surface area contributed by atoms with Crippen LogP contribution in [-0.4, -0.2) is 20.5 Å². The molecule has 0 fully saturated rings. The number of aryl methyl sites for hydroxylation is 1. The van der Waals surface area contributed by atoms with Gasteiger partial charge in [-0.1, -0.05) is 35.4 Å². The quantitative estimate of drug-likeness (QED) is 0.782. The molecule has 0 aliphatic rings. The molecule has 0 saturated carbocycles. The zero-order valence-electron chi connectivity index (χ0n) is 10.7. The van der Waals surface area contributed by atoms with Crippen LogP contribution in [-0.2, 0) is 0 Å². The molecule has 0 bridgehead atoms. The minimum absolute atomic E-state index is 0.119. The van der Waals surface area contributed by atoms with Gasteiger partial charge in [-0.2, -0.15) is 0 Å². The van der Waals surface area contributed by atoms with Crippen LogP contribution in [0.4, 0.5) is 0 Å². The van der Waals surface area contributed by atoms with Crippen molar-refractivity contribution in [3.8, 4) is 11.3 Å². The average molecular weight is 287 g/mol.